The van der Waals surface area contributed by atoms with Gasteiger partial charge in [-0.2, -0.15) is 5.26 Å². The topological polar surface area (TPSA) is 53.2 Å². The van der Waals surface area contributed by atoms with E-state index in [0.717, 1.165) is 5.56 Å². The third-order valence-electron chi connectivity index (χ3n) is 2.07. The Balaban J connectivity index is 2.63. The number of nitrogens with zero attached hydrogens (tertiary/aromatic N) is 1. The van der Waals surface area contributed by atoms with E-state index in [1.165, 1.54) is 7.11 Å². The van der Waals surface area contributed by atoms with Crippen molar-refractivity contribution < 1.29 is 9.84 Å². The van der Waals surface area contributed by atoms with Crippen molar-refractivity contribution in [2.45, 2.75) is 18.6 Å². The Kier molecular flexibility index (Phi) is 4.11. The zero-order valence-corrected chi connectivity index (χ0v) is 8.05. The number of aliphatic hydroxyl groups excluding tert-OH is 1. The fraction of sp³-hybridized carbons (Fsp3) is 0.364. The average molecular weight is 191 g/mol. The highest BCUT2D eigenvalue weighted by molar-refractivity contribution is 5.16. The second-order valence-corrected chi connectivity index (χ2v) is 3.04. The number of ether oxygens (including phenoxy) is 1. The summed E-state index contributed by atoms with van der Waals surface area (Å²) in [4.78, 5) is 0. The third-order valence-corrected chi connectivity index (χ3v) is 2.07. The van der Waals surface area contributed by atoms with E-state index in [0.29, 0.717) is 6.42 Å². The van der Waals surface area contributed by atoms with Crippen LogP contribution in [-0.2, 0) is 11.2 Å². The van der Waals surface area contributed by atoms with E-state index in [1.54, 1.807) is 6.07 Å². The highest BCUT2D eigenvalue weighted by Crippen LogP contribution is 2.08. The molecule has 3 nitrogen and oxygen atoms in total. The van der Waals surface area contributed by atoms with Crippen LogP contribution in [0.15, 0.2) is 30.3 Å². The normalized spacial score (nSPS) is 14.4. The van der Waals surface area contributed by atoms with Crippen LogP contribution in [-0.4, -0.2) is 24.4 Å². The summed E-state index contributed by atoms with van der Waals surface area (Å²) in [5.74, 6) is 0. The van der Waals surface area contributed by atoms with Crippen LogP contribution in [0.25, 0.3) is 0 Å². The van der Waals surface area contributed by atoms with Gasteiger partial charge in [-0.05, 0) is 5.56 Å². The molecule has 14 heavy (non-hydrogen) atoms. The fourth-order valence-electron chi connectivity index (χ4n) is 1.25. The zero-order chi connectivity index (χ0) is 10.4. The lowest BCUT2D eigenvalue weighted by Crippen LogP contribution is -2.28. The van der Waals surface area contributed by atoms with Gasteiger partial charge in [0, 0.05) is 13.5 Å². The van der Waals surface area contributed by atoms with Crippen LogP contribution in [0.4, 0.5) is 0 Å². The van der Waals surface area contributed by atoms with Crippen molar-refractivity contribution in [3.63, 3.8) is 0 Å². The summed E-state index contributed by atoms with van der Waals surface area (Å²) >= 11 is 0. The minimum absolute atomic E-state index is 0.456. The minimum atomic E-state index is -1.07. The maximum absolute atomic E-state index is 9.29. The molecule has 0 radical (unpaired) electrons. The smallest absolute Gasteiger partial charge is 0.166 e. The van der Waals surface area contributed by atoms with Gasteiger partial charge in [-0.3, -0.25) is 0 Å². The monoisotopic (exact) mass is 191 g/mol. The maximum Gasteiger partial charge on any atom is 0.166 e. The molecule has 1 rings (SSSR count). The SMILES string of the molecule is CO[C@@H](Cc1ccccc1)[C@@H](O)C#N. The molecule has 0 amide bonds. The lowest BCUT2D eigenvalue weighted by atomic mass is 10.0. The quantitative estimate of drug-likeness (QED) is 0.726. The zero-order valence-electron chi connectivity index (χ0n) is 8.05. The van der Waals surface area contributed by atoms with E-state index >= 15 is 0 Å². The first-order chi connectivity index (χ1) is 6.77. The van der Waals surface area contributed by atoms with Crippen LogP contribution in [0.5, 0.6) is 0 Å². The van der Waals surface area contributed by atoms with Gasteiger partial charge in [0.1, 0.15) is 6.10 Å². The molecular weight excluding hydrogens is 178 g/mol. The van der Waals surface area contributed by atoms with Gasteiger partial charge in [-0.25, -0.2) is 0 Å². The van der Waals surface area contributed by atoms with Gasteiger partial charge in [0.2, 0.25) is 0 Å². The lowest BCUT2D eigenvalue weighted by molar-refractivity contribution is 0.0163. The largest absolute Gasteiger partial charge is 0.377 e. The Hall–Kier alpha value is -1.37. The number of aliphatic hydroxyl groups is 1. The Morgan fingerprint density at radius 1 is 1.43 bits per heavy atom. The second-order valence-electron chi connectivity index (χ2n) is 3.04. The predicted octanol–water partition coefficient (Wildman–Crippen LogP) is 1.13. The molecule has 1 N–H and O–H groups in total. The summed E-state index contributed by atoms with van der Waals surface area (Å²) in [6.45, 7) is 0. The Labute approximate surface area is 83.6 Å². The van der Waals surface area contributed by atoms with Crippen molar-refractivity contribution in [1.82, 2.24) is 0 Å². The number of nitriles is 1. The van der Waals surface area contributed by atoms with Crippen molar-refractivity contribution in [3.8, 4) is 6.07 Å². The number of hydrogen-bond acceptors (Lipinski definition) is 3. The molecule has 0 aliphatic rings. The minimum Gasteiger partial charge on any atom is -0.377 e. The molecule has 0 aliphatic heterocycles. The van der Waals surface area contributed by atoms with Gasteiger partial charge in [-0.15, -0.1) is 0 Å². The summed E-state index contributed by atoms with van der Waals surface area (Å²) in [6, 6.07) is 11.4. The van der Waals surface area contributed by atoms with Crippen LogP contribution in [0.3, 0.4) is 0 Å². The fourth-order valence-corrected chi connectivity index (χ4v) is 1.25. The van der Waals surface area contributed by atoms with Gasteiger partial charge in [0.05, 0.1) is 6.07 Å². The summed E-state index contributed by atoms with van der Waals surface area (Å²) in [5, 5.41) is 17.8. The molecule has 0 aromatic heterocycles. The molecule has 1 aromatic carbocycles. The molecule has 0 spiro atoms. The molecule has 0 bridgehead atoms. The third kappa shape index (κ3) is 2.84. The van der Waals surface area contributed by atoms with E-state index in [9.17, 15) is 5.11 Å². The van der Waals surface area contributed by atoms with E-state index in [2.05, 4.69) is 0 Å². The first-order valence-corrected chi connectivity index (χ1v) is 4.42. The Morgan fingerprint density at radius 2 is 2.07 bits per heavy atom. The number of methoxy groups -OCH3 is 1. The number of hydrogen-bond donors (Lipinski definition) is 1. The van der Waals surface area contributed by atoms with Gasteiger partial charge in [-0.1, -0.05) is 30.3 Å². The van der Waals surface area contributed by atoms with Gasteiger partial charge >= 0.3 is 0 Å². The molecular formula is C11H13NO2. The highest BCUT2D eigenvalue weighted by atomic mass is 16.5. The van der Waals surface area contributed by atoms with Crippen molar-refractivity contribution in [1.29, 1.82) is 5.26 Å². The highest BCUT2D eigenvalue weighted by Gasteiger charge is 2.17. The Bertz CT molecular complexity index is 305. The van der Waals surface area contributed by atoms with Crippen LogP contribution in [0.1, 0.15) is 5.56 Å². The van der Waals surface area contributed by atoms with E-state index < -0.39 is 12.2 Å². The van der Waals surface area contributed by atoms with Gasteiger partial charge in [0.15, 0.2) is 6.10 Å². The molecule has 2 atom stereocenters. The summed E-state index contributed by atoms with van der Waals surface area (Å²) < 4.78 is 5.03. The van der Waals surface area contributed by atoms with E-state index in [4.69, 9.17) is 10.00 Å². The van der Waals surface area contributed by atoms with Gasteiger partial charge < -0.3 is 9.84 Å². The first kappa shape index (κ1) is 10.7. The number of rotatable bonds is 4. The summed E-state index contributed by atoms with van der Waals surface area (Å²) in [7, 11) is 1.49. The maximum atomic E-state index is 9.29. The van der Waals surface area contributed by atoms with Crippen molar-refractivity contribution >= 4 is 0 Å². The van der Waals surface area contributed by atoms with Gasteiger partial charge in [0.25, 0.3) is 0 Å². The van der Waals surface area contributed by atoms with Crippen LogP contribution >= 0.6 is 0 Å². The molecule has 0 saturated heterocycles. The molecule has 0 saturated carbocycles. The van der Waals surface area contributed by atoms with Crippen molar-refractivity contribution in [2.75, 3.05) is 7.11 Å². The molecule has 0 aliphatic carbocycles. The standard InChI is InChI=1S/C11H13NO2/c1-14-11(10(13)8-12)7-9-5-3-2-4-6-9/h2-6,10-11,13H,7H2,1H3/t10-,11-/m0/s1. The van der Waals surface area contributed by atoms with E-state index in [-0.39, 0.29) is 0 Å². The predicted molar refractivity (Wildman–Crippen MR) is 52.6 cm³/mol. The van der Waals surface area contributed by atoms with E-state index in [1.807, 2.05) is 30.3 Å². The lowest BCUT2D eigenvalue weighted by Gasteiger charge is -2.16. The molecule has 74 valence electrons. The molecule has 0 unspecified atom stereocenters. The summed E-state index contributed by atoms with van der Waals surface area (Å²) in [6.07, 6.45) is -0.978. The second kappa shape index (κ2) is 5.38. The molecule has 0 heterocycles. The first-order valence-electron chi connectivity index (χ1n) is 4.42. The van der Waals surface area contributed by atoms with Crippen LogP contribution < -0.4 is 0 Å². The number of benzene rings is 1. The summed E-state index contributed by atoms with van der Waals surface area (Å²) in [5.41, 5.74) is 1.05. The van der Waals surface area contributed by atoms with Crippen LogP contribution in [0.2, 0.25) is 0 Å². The Morgan fingerprint density at radius 3 is 2.57 bits per heavy atom. The van der Waals surface area contributed by atoms with Crippen molar-refractivity contribution in [3.05, 3.63) is 35.9 Å². The van der Waals surface area contributed by atoms with Crippen molar-refractivity contribution in [2.24, 2.45) is 0 Å². The molecule has 1 aromatic rings. The van der Waals surface area contributed by atoms with Crippen LogP contribution in [0, 0.1) is 11.3 Å². The molecule has 0 fully saturated rings. The average Bonchev–Trinajstić information content (AvgIpc) is 2.26. The molecule has 3 heteroatoms.